The molecule has 0 radical (unpaired) electrons. The monoisotopic (exact) mass is 282 g/mol. The summed E-state index contributed by atoms with van der Waals surface area (Å²) in [5, 5.41) is 2.26. The Morgan fingerprint density at radius 1 is 1.10 bits per heavy atom. The third-order valence-corrected chi connectivity index (χ3v) is 3.65. The van der Waals surface area contributed by atoms with E-state index in [0.717, 1.165) is 16.3 Å². The number of carbonyl (C=O) groups is 1. The molecule has 0 spiro atoms. The first-order valence-electron chi connectivity index (χ1n) is 6.62. The molecular formula is C17H18O2Si. The minimum atomic E-state index is -1.53. The molecule has 2 aromatic carbocycles. The lowest BCUT2D eigenvalue weighted by Crippen LogP contribution is -2.17. The number of rotatable bonds is 2. The highest BCUT2D eigenvalue weighted by Crippen LogP contribution is 2.19. The summed E-state index contributed by atoms with van der Waals surface area (Å²) in [5.74, 6) is 2.15. The number of ether oxygens (including phenoxy) is 1. The van der Waals surface area contributed by atoms with E-state index in [0.29, 0.717) is 0 Å². The molecule has 20 heavy (non-hydrogen) atoms. The topological polar surface area (TPSA) is 26.3 Å². The van der Waals surface area contributed by atoms with Crippen molar-refractivity contribution in [2.75, 3.05) is 0 Å². The van der Waals surface area contributed by atoms with Crippen molar-refractivity contribution in [1.29, 1.82) is 0 Å². The first kappa shape index (κ1) is 14.4. The second kappa shape index (κ2) is 5.94. The standard InChI is InChI=1S/C17H18O2Si/c1-20(2,3)12-11-17(18)19-13-15-9-6-8-14-7-4-5-10-16(14)15/h4-10H,13H2,1-3H3. The average Bonchev–Trinajstić information content (AvgIpc) is 2.42. The van der Waals surface area contributed by atoms with Crippen molar-refractivity contribution in [3.05, 3.63) is 48.0 Å². The summed E-state index contributed by atoms with van der Waals surface area (Å²) in [4.78, 5) is 11.6. The zero-order valence-electron chi connectivity index (χ0n) is 12.1. The molecule has 0 aliphatic heterocycles. The van der Waals surface area contributed by atoms with Crippen LogP contribution in [0.4, 0.5) is 0 Å². The highest BCUT2D eigenvalue weighted by atomic mass is 28.3. The summed E-state index contributed by atoms with van der Waals surface area (Å²) in [7, 11) is -1.53. The van der Waals surface area contributed by atoms with Crippen LogP contribution in [0.5, 0.6) is 0 Å². The highest BCUT2D eigenvalue weighted by molar-refractivity contribution is 6.84. The molecule has 0 atom stereocenters. The van der Waals surface area contributed by atoms with Crippen LogP contribution in [0.2, 0.25) is 19.6 Å². The molecule has 0 aliphatic rings. The Balaban J connectivity index is 2.10. The molecule has 3 heteroatoms. The predicted octanol–water partition coefficient (Wildman–Crippen LogP) is 3.76. The van der Waals surface area contributed by atoms with Crippen molar-refractivity contribution in [3.63, 3.8) is 0 Å². The van der Waals surface area contributed by atoms with E-state index in [1.54, 1.807) is 0 Å². The SMILES string of the molecule is C[Si](C)(C)C#CC(=O)OCc1cccc2ccccc12. The van der Waals surface area contributed by atoms with E-state index in [2.05, 4.69) is 31.1 Å². The molecule has 2 aromatic rings. The third kappa shape index (κ3) is 3.97. The van der Waals surface area contributed by atoms with Crippen LogP contribution in [-0.2, 0) is 16.1 Å². The molecule has 0 N–H and O–H groups in total. The van der Waals surface area contributed by atoms with E-state index < -0.39 is 14.0 Å². The third-order valence-electron chi connectivity index (χ3n) is 2.78. The van der Waals surface area contributed by atoms with Gasteiger partial charge in [-0.2, -0.15) is 0 Å². The second-order valence-electron chi connectivity index (χ2n) is 5.71. The zero-order valence-corrected chi connectivity index (χ0v) is 13.1. The number of benzene rings is 2. The summed E-state index contributed by atoms with van der Waals surface area (Å²) in [6, 6.07) is 14.1. The van der Waals surface area contributed by atoms with Crippen LogP contribution < -0.4 is 0 Å². The number of hydrogen-bond donors (Lipinski definition) is 0. The van der Waals surface area contributed by atoms with Crippen LogP contribution in [0, 0.1) is 11.5 Å². The van der Waals surface area contributed by atoms with Crippen LogP contribution in [0.3, 0.4) is 0 Å². The molecule has 0 saturated carbocycles. The number of hydrogen-bond acceptors (Lipinski definition) is 2. The van der Waals surface area contributed by atoms with Gasteiger partial charge in [0.15, 0.2) is 0 Å². The van der Waals surface area contributed by atoms with Crippen molar-refractivity contribution >= 4 is 24.8 Å². The Hall–Kier alpha value is -2.05. The maximum Gasteiger partial charge on any atom is 0.384 e. The minimum Gasteiger partial charge on any atom is -0.451 e. The maximum absolute atomic E-state index is 11.6. The summed E-state index contributed by atoms with van der Waals surface area (Å²) >= 11 is 0. The molecule has 102 valence electrons. The smallest absolute Gasteiger partial charge is 0.384 e. The van der Waals surface area contributed by atoms with E-state index in [-0.39, 0.29) is 6.61 Å². The Morgan fingerprint density at radius 3 is 2.55 bits per heavy atom. The fraction of sp³-hybridized carbons (Fsp3) is 0.235. The Kier molecular flexibility index (Phi) is 4.26. The number of fused-ring (bicyclic) bond motifs is 1. The molecule has 0 amide bonds. The first-order chi connectivity index (χ1) is 9.46. The van der Waals surface area contributed by atoms with Gasteiger partial charge in [0.25, 0.3) is 0 Å². The fourth-order valence-corrected chi connectivity index (χ4v) is 2.31. The molecule has 0 aromatic heterocycles. The molecule has 2 rings (SSSR count). The van der Waals surface area contributed by atoms with Crippen LogP contribution in [-0.4, -0.2) is 14.0 Å². The van der Waals surface area contributed by atoms with Crippen LogP contribution in [0.1, 0.15) is 5.56 Å². The number of esters is 1. The summed E-state index contributed by atoms with van der Waals surface area (Å²) in [6.07, 6.45) is 0. The van der Waals surface area contributed by atoms with Gasteiger partial charge in [-0.25, -0.2) is 4.79 Å². The van der Waals surface area contributed by atoms with Crippen molar-refractivity contribution in [2.24, 2.45) is 0 Å². The summed E-state index contributed by atoms with van der Waals surface area (Å²) in [5.41, 5.74) is 4.02. The van der Waals surface area contributed by atoms with E-state index in [4.69, 9.17) is 4.74 Å². The van der Waals surface area contributed by atoms with Crippen molar-refractivity contribution < 1.29 is 9.53 Å². The quantitative estimate of drug-likeness (QED) is 0.476. The second-order valence-corrected chi connectivity index (χ2v) is 10.5. The molecule has 0 bridgehead atoms. The van der Waals surface area contributed by atoms with Gasteiger partial charge < -0.3 is 4.74 Å². The van der Waals surface area contributed by atoms with Crippen molar-refractivity contribution in [3.8, 4) is 11.5 Å². The van der Waals surface area contributed by atoms with E-state index in [1.807, 2.05) is 42.5 Å². The van der Waals surface area contributed by atoms with E-state index in [1.165, 1.54) is 0 Å². The van der Waals surface area contributed by atoms with Crippen molar-refractivity contribution in [2.45, 2.75) is 26.2 Å². The fourth-order valence-electron chi connectivity index (χ4n) is 1.84. The Labute approximate surface area is 120 Å². The Morgan fingerprint density at radius 2 is 1.80 bits per heavy atom. The van der Waals surface area contributed by atoms with Crippen LogP contribution in [0.15, 0.2) is 42.5 Å². The highest BCUT2D eigenvalue weighted by Gasteiger charge is 2.09. The van der Waals surface area contributed by atoms with Gasteiger partial charge in [0.05, 0.1) is 0 Å². The van der Waals surface area contributed by atoms with Crippen molar-refractivity contribution in [1.82, 2.24) is 0 Å². The average molecular weight is 282 g/mol. The molecule has 0 saturated heterocycles. The summed E-state index contributed by atoms with van der Waals surface area (Å²) < 4.78 is 5.24. The van der Waals surface area contributed by atoms with Gasteiger partial charge in [-0.3, -0.25) is 0 Å². The van der Waals surface area contributed by atoms with Gasteiger partial charge in [-0.15, -0.1) is 5.54 Å². The van der Waals surface area contributed by atoms with Gasteiger partial charge >= 0.3 is 5.97 Å². The molecule has 0 heterocycles. The predicted molar refractivity (Wildman–Crippen MR) is 84.9 cm³/mol. The number of carbonyl (C=O) groups excluding carboxylic acids is 1. The van der Waals surface area contributed by atoms with Crippen LogP contribution in [0.25, 0.3) is 10.8 Å². The zero-order chi connectivity index (χ0) is 14.6. The maximum atomic E-state index is 11.6. The Bertz CT molecular complexity index is 682. The van der Waals surface area contributed by atoms with Gasteiger partial charge in [-0.1, -0.05) is 62.1 Å². The largest absolute Gasteiger partial charge is 0.451 e. The molecular weight excluding hydrogens is 264 g/mol. The molecule has 0 aliphatic carbocycles. The molecule has 0 unspecified atom stereocenters. The van der Waals surface area contributed by atoms with Gasteiger partial charge in [0, 0.05) is 5.92 Å². The molecule has 0 fully saturated rings. The first-order valence-corrected chi connectivity index (χ1v) is 10.1. The lowest BCUT2D eigenvalue weighted by Gasteiger charge is -2.06. The lowest BCUT2D eigenvalue weighted by atomic mass is 10.1. The van der Waals surface area contributed by atoms with Crippen LogP contribution >= 0.6 is 0 Å². The van der Waals surface area contributed by atoms with Gasteiger partial charge in [0.2, 0.25) is 0 Å². The van der Waals surface area contributed by atoms with E-state index in [9.17, 15) is 4.79 Å². The summed E-state index contributed by atoms with van der Waals surface area (Å²) in [6.45, 7) is 6.55. The lowest BCUT2D eigenvalue weighted by molar-refractivity contribution is -0.137. The normalized spacial score (nSPS) is 10.8. The van der Waals surface area contributed by atoms with Gasteiger partial charge in [-0.05, 0) is 16.3 Å². The van der Waals surface area contributed by atoms with E-state index >= 15 is 0 Å². The molecule has 2 nitrogen and oxygen atoms in total. The minimum absolute atomic E-state index is 0.264. The van der Waals surface area contributed by atoms with Gasteiger partial charge in [0.1, 0.15) is 14.7 Å².